The van der Waals surface area contributed by atoms with Gasteiger partial charge in [-0.2, -0.15) is 0 Å². The molecule has 2 heteroatoms. The summed E-state index contributed by atoms with van der Waals surface area (Å²) in [5.41, 5.74) is 1.41. The van der Waals surface area contributed by atoms with Crippen molar-refractivity contribution in [1.82, 2.24) is 4.48 Å². The van der Waals surface area contributed by atoms with Crippen molar-refractivity contribution < 1.29 is 0 Å². The van der Waals surface area contributed by atoms with Crippen LogP contribution >= 0.6 is 11.3 Å². The van der Waals surface area contributed by atoms with Gasteiger partial charge >= 0.3 is 0 Å². The molecule has 1 heterocycles. The third kappa shape index (κ3) is 1.39. The van der Waals surface area contributed by atoms with Crippen LogP contribution in [-0.4, -0.2) is 20.6 Å². The molecule has 0 unspecified atom stereocenters. The third-order valence-corrected chi connectivity index (χ3v) is 2.67. The van der Waals surface area contributed by atoms with Crippen molar-refractivity contribution in [3.63, 3.8) is 0 Å². The first-order valence-electron chi connectivity index (χ1n) is 3.52. The fourth-order valence-corrected chi connectivity index (χ4v) is 1.58. The molecule has 10 heavy (non-hydrogen) atoms. The van der Waals surface area contributed by atoms with Gasteiger partial charge in [-0.25, -0.2) is 0 Å². The van der Waals surface area contributed by atoms with Crippen molar-refractivity contribution in [3.05, 3.63) is 16.8 Å². The first kappa shape index (κ1) is 7.76. The Morgan fingerprint density at radius 3 is 2.60 bits per heavy atom. The number of quaternary nitrogens is 1. The molecule has 1 rings (SSSR count). The molecule has 1 aromatic rings. The molecule has 1 aromatic heterocycles. The lowest BCUT2D eigenvalue weighted by Gasteiger charge is -2.25. The Hall–Kier alpha value is -0.340. The summed E-state index contributed by atoms with van der Waals surface area (Å²) in [6.45, 7) is 3.36. The summed E-state index contributed by atoms with van der Waals surface area (Å²) in [6.07, 6.45) is 0. The van der Waals surface area contributed by atoms with E-state index in [1.807, 2.05) is 0 Å². The molecule has 1 nitrogen and oxygen atoms in total. The van der Waals surface area contributed by atoms with Gasteiger partial charge in [0.05, 0.1) is 26.0 Å². The summed E-state index contributed by atoms with van der Waals surface area (Å²) < 4.78 is 0.990. The maximum absolute atomic E-state index is 2.22. The van der Waals surface area contributed by atoms with Crippen LogP contribution in [0.15, 0.2) is 16.8 Å². The van der Waals surface area contributed by atoms with Crippen molar-refractivity contribution in [1.29, 1.82) is 0 Å². The Bertz CT molecular complexity index is 189. The minimum Gasteiger partial charge on any atom is -0.295 e. The highest BCUT2D eigenvalue weighted by Crippen LogP contribution is 2.21. The predicted molar refractivity (Wildman–Crippen MR) is 48.5 cm³/mol. The largest absolute Gasteiger partial charge is 0.295 e. The van der Waals surface area contributed by atoms with E-state index in [1.54, 1.807) is 11.3 Å². The van der Waals surface area contributed by atoms with Crippen molar-refractivity contribution in [3.8, 4) is 0 Å². The van der Waals surface area contributed by atoms with Crippen LogP contribution in [-0.2, 0) is 0 Å². The quantitative estimate of drug-likeness (QED) is 0.576. The lowest BCUT2D eigenvalue weighted by molar-refractivity contribution is 0.422. The summed E-state index contributed by atoms with van der Waals surface area (Å²) in [5, 5.41) is 4.34. The standard InChI is InChI=1S/C8H14NS/c1-4-9(2,3)8-5-6-10-7-8/h5-7H,4H2,1-3H3/q+1. The molecule has 0 atom stereocenters. The molecule has 0 aliphatic rings. The molecule has 0 aliphatic heterocycles. The van der Waals surface area contributed by atoms with E-state index >= 15 is 0 Å². The molecule has 0 saturated heterocycles. The van der Waals surface area contributed by atoms with Crippen molar-refractivity contribution in [2.75, 3.05) is 20.6 Å². The molecule has 0 amide bonds. The van der Waals surface area contributed by atoms with E-state index < -0.39 is 0 Å². The van der Waals surface area contributed by atoms with Crippen LogP contribution in [0.5, 0.6) is 0 Å². The molecule has 0 spiro atoms. The van der Waals surface area contributed by atoms with E-state index in [2.05, 4.69) is 37.8 Å². The van der Waals surface area contributed by atoms with Crippen LogP contribution in [0, 0.1) is 0 Å². The molecule has 0 bridgehead atoms. The monoisotopic (exact) mass is 156 g/mol. The average molecular weight is 156 g/mol. The van der Waals surface area contributed by atoms with E-state index in [4.69, 9.17) is 0 Å². The number of hydrogen-bond acceptors (Lipinski definition) is 1. The molecule has 0 aliphatic carbocycles. The molecular weight excluding hydrogens is 142 g/mol. The molecular formula is C8H14NS+. The number of rotatable bonds is 2. The highest BCUT2D eigenvalue weighted by Gasteiger charge is 2.15. The molecule has 56 valence electrons. The Labute approximate surface area is 66.5 Å². The van der Waals surface area contributed by atoms with Gasteiger partial charge in [0.25, 0.3) is 0 Å². The van der Waals surface area contributed by atoms with Crippen LogP contribution in [0.25, 0.3) is 0 Å². The number of hydrogen-bond donors (Lipinski definition) is 0. The average Bonchev–Trinajstić information content (AvgIpc) is 2.38. The third-order valence-electron chi connectivity index (χ3n) is 2.00. The minimum absolute atomic E-state index is 0.990. The molecule has 0 radical (unpaired) electrons. The molecule has 0 fully saturated rings. The van der Waals surface area contributed by atoms with Gasteiger partial charge in [0.1, 0.15) is 5.69 Å². The Balaban J connectivity index is 2.85. The maximum atomic E-state index is 2.22. The second kappa shape index (κ2) is 2.72. The zero-order valence-corrected chi connectivity index (χ0v) is 7.61. The molecule has 0 saturated carbocycles. The Morgan fingerprint density at radius 2 is 2.20 bits per heavy atom. The zero-order chi connectivity index (χ0) is 7.61. The topological polar surface area (TPSA) is 0 Å². The van der Waals surface area contributed by atoms with Crippen LogP contribution < -0.4 is 4.48 Å². The maximum Gasteiger partial charge on any atom is 0.143 e. The van der Waals surface area contributed by atoms with Crippen LogP contribution in [0.2, 0.25) is 0 Å². The van der Waals surface area contributed by atoms with Gasteiger partial charge in [-0.05, 0) is 12.3 Å². The van der Waals surface area contributed by atoms with E-state index in [1.165, 1.54) is 5.69 Å². The summed E-state index contributed by atoms with van der Waals surface area (Å²) in [7, 11) is 4.45. The fourth-order valence-electron chi connectivity index (χ4n) is 0.784. The van der Waals surface area contributed by atoms with Crippen molar-refractivity contribution in [2.45, 2.75) is 6.92 Å². The van der Waals surface area contributed by atoms with E-state index in [0.717, 1.165) is 11.0 Å². The van der Waals surface area contributed by atoms with E-state index in [-0.39, 0.29) is 0 Å². The first-order valence-corrected chi connectivity index (χ1v) is 4.47. The molecule has 0 aromatic carbocycles. The Kier molecular flexibility index (Phi) is 2.11. The van der Waals surface area contributed by atoms with Crippen molar-refractivity contribution >= 4 is 17.0 Å². The smallest absolute Gasteiger partial charge is 0.143 e. The van der Waals surface area contributed by atoms with Gasteiger partial charge in [0, 0.05) is 6.07 Å². The SMILES string of the molecule is CC[N+](C)(C)c1ccsc1. The van der Waals surface area contributed by atoms with E-state index in [9.17, 15) is 0 Å². The predicted octanol–water partition coefficient (Wildman–Crippen LogP) is 2.33. The number of nitrogens with zero attached hydrogens (tertiary/aromatic N) is 1. The van der Waals surface area contributed by atoms with Gasteiger partial charge in [-0.1, -0.05) is 0 Å². The minimum atomic E-state index is 0.990. The second-order valence-electron chi connectivity index (χ2n) is 2.98. The van der Waals surface area contributed by atoms with Gasteiger partial charge < -0.3 is 0 Å². The second-order valence-corrected chi connectivity index (χ2v) is 3.76. The summed E-state index contributed by atoms with van der Waals surface area (Å²) in [5.74, 6) is 0. The van der Waals surface area contributed by atoms with Gasteiger partial charge in [0.15, 0.2) is 0 Å². The number of thiophene rings is 1. The normalized spacial score (nSPS) is 11.9. The molecule has 0 N–H and O–H groups in total. The van der Waals surface area contributed by atoms with Crippen LogP contribution in [0.4, 0.5) is 5.69 Å². The highest BCUT2D eigenvalue weighted by molar-refractivity contribution is 7.08. The fraction of sp³-hybridized carbons (Fsp3) is 0.500. The first-order chi connectivity index (χ1) is 4.67. The van der Waals surface area contributed by atoms with Gasteiger partial charge in [0.2, 0.25) is 0 Å². The van der Waals surface area contributed by atoms with Crippen LogP contribution in [0.1, 0.15) is 6.92 Å². The van der Waals surface area contributed by atoms with Gasteiger partial charge in [-0.15, -0.1) is 11.3 Å². The lowest BCUT2D eigenvalue weighted by atomic mass is 10.4. The highest BCUT2D eigenvalue weighted by atomic mass is 32.1. The summed E-state index contributed by atoms with van der Waals surface area (Å²) >= 11 is 1.77. The van der Waals surface area contributed by atoms with E-state index in [0.29, 0.717) is 0 Å². The summed E-state index contributed by atoms with van der Waals surface area (Å²) in [4.78, 5) is 0. The van der Waals surface area contributed by atoms with Crippen molar-refractivity contribution in [2.24, 2.45) is 0 Å². The summed E-state index contributed by atoms with van der Waals surface area (Å²) in [6, 6.07) is 2.19. The van der Waals surface area contributed by atoms with Crippen LogP contribution in [0.3, 0.4) is 0 Å². The Morgan fingerprint density at radius 1 is 1.50 bits per heavy atom. The lowest BCUT2D eigenvalue weighted by Crippen LogP contribution is -2.39. The zero-order valence-electron chi connectivity index (χ0n) is 6.79. The van der Waals surface area contributed by atoms with Gasteiger partial charge in [-0.3, -0.25) is 4.48 Å².